The van der Waals surface area contributed by atoms with Crippen LogP contribution in [0.4, 0.5) is 0 Å². The highest BCUT2D eigenvalue weighted by molar-refractivity contribution is 5.87. The maximum Gasteiger partial charge on any atom is 0.139 e. The van der Waals surface area contributed by atoms with Crippen molar-refractivity contribution in [2.24, 2.45) is 34.0 Å². The Bertz CT molecular complexity index is 663. The number of piperidine rings is 1. The Labute approximate surface area is 164 Å². The first kappa shape index (κ1) is 17.4. The van der Waals surface area contributed by atoms with Crippen molar-refractivity contribution >= 4 is 5.78 Å². The van der Waals surface area contributed by atoms with Crippen LogP contribution < -0.4 is 0 Å². The van der Waals surface area contributed by atoms with Gasteiger partial charge in [0.25, 0.3) is 0 Å². The summed E-state index contributed by atoms with van der Waals surface area (Å²) >= 11 is 0. The number of nitrogens with zero attached hydrogens (tertiary/aromatic N) is 1. The second-order valence-corrected chi connectivity index (χ2v) is 11.6. The third-order valence-corrected chi connectivity index (χ3v) is 10.9. The lowest BCUT2D eigenvalue weighted by Gasteiger charge is -2.55. The normalized spacial score (nSPS) is 57.4. The molecule has 5 aliphatic carbocycles. The van der Waals surface area contributed by atoms with E-state index in [0.717, 1.165) is 37.3 Å². The Morgan fingerprint density at radius 3 is 2.78 bits per heavy atom. The van der Waals surface area contributed by atoms with Crippen molar-refractivity contribution in [1.82, 2.24) is 4.90 Å². The van der Waals surface area contributed by atoms with E-state index in [1.807, 2.05) is 0 Å². The summed E-state index contributed by atoms with van der Waals surface area (Å²) in [6.07, 6.45) is 15.2. The summed E-state index contributed by atoms with van der Waals surface area (Å²) < 4.78 is 0. The standard InChI is InChI=1S/C24H37NO2/c1-22-9-8-20-18(19(22)4-5-21(22)27)7-10-23-13-16(6-11-24(20,23)15-23)25-12-2-3-17(26)14-25/h16-20,26H,2-15H2,1H3/t16?,17-,18+,19+,20+,22+,23-,24+/m1/s1. The Hall–Kier alpha value is -0.410. The van der Waals surface area contributed by atoms with E-state index < -0.39 is 0 Å². The fourth-order valence-corrected chi connectivity index (χ4v) is 9.53. The van der Waals surface area contributed by atoms with Gasteiger partial charge in [-0.25, -0.2) is 0 Å². The Morgan fingerprint density at radius 2 is 1.93 bits per heavy atom. The first-order valence-corrected chi connectivity index (χ1v) is 11.9. The molecule has 3 heteroatoms. The lowest BCUT2D eigenvalue weighted by molar-refractivity contribution is -0.133. The average molecular weight is 372 g/mol. The lowest BCUT2D eigenvalue weighted by Crippen LogP contribution is -2.52. The quantitative estimate of drug-likeness (QED) is 0.752. The van der Waals surface area contributed by atoms with Gasteiger partial charge in [0.05, 0.1) is 6.10 Å². The smallest absolute Gasteiger partial charge is 0.139 e. The van der Waals surface area contributed by atoms with E-state index >= 15 is 0 Å². The summed E-state index contributed by atoms with van der Waals surface area (Å²) in [4.78, 5) is 15.2. The predicted octanol–water partition coefficient (Wildman–Crippen LogP) is 4.18. The molecule has 3 nitrogen and oxygen atoms in total. The molecule has 27 heavy (non-hydrogen) atoms. The van der Waals surface area contributed by atoms with E-state index in [1.54, 1.807) is 0 Å². The fourth-order valence-electron chi connectivity index (χ4n) is 9.53. The number of Topliss-reactive ketones (excluding diaryl/α,β-unsaturated/α-hetero) is 1. The molecule has 0 spiro atoms. The van der Waals surface area contributed by atoms with Gasteiger partial charge in [-0.05, 0) is 106 Å². The van der Waals surface area contributed by atoms with Crippen molar-refractivity contribution in [3.63, 3.8) is 0 Å². The van der Waals surface area contributed by atoms with Crippen LogP contribution in [0.1, 0.15) is 84.0 Å². The topological polar surface area (TPSA) is 40.5 Å². The molecular weight excluding hydrogens is 334 g/mol. The number of hydrogen-bond acceptors (Lipinski definition) is 3. The number of likely N-dealkylation sites (tertiary alicyclic amines) is 1. The van der Waals surface area contributed by atoms with E-state index in [-0.39, 0.29) is 11.5 Å². The monoisotopic (exact) mass is 371 g/mol. The zero-order valence-corrected chi connectivity index (χ0v) is 17.1. The van der Waals surface area contributed by atoms with Crippen LogP contribution in [-0.2, 0) is 4.79 Å². The van der Waals surface area contributed by atoms with Gasteiger partial charge in [0, 0.05) is 24.4 Å². The van der Waals surface area contributed by atoms with Crippen LogP contribution in [-0.4, -0.2) is 41.0 Å². The van der Waals surface area contributed by atoms with Crippen LogP contribution in [0, 0.1) is 34.0 Å². The molecule has 5 saturated carbocycles. The largest absolute Gasteiger partial charge is 0.392 e. The summed E-state index contributed by atoms with van der Waals surface area (Å²) in [5.74, 6) is 3.05. The number of aliphatic hydroxyl groups excluding tert-OH is 1. The molecule has 0 amide bonds. The van der Waals surface area contributed by atoms with Crippen LogP contribution in [0.5, 0.6) is 0 Å². The molecular formula is C24H37NO2. The Balaban J connectivity index is 1.22. The van der Waals surface area contributed by atoms with Crippen LogP contribution in [0.15, 0.2) is 0 Å². The lowest BCUT2D eigenvalue weighted by atomic mass is 9.50. The first-order chi connectivity index (χ1) is 13.0. The number of aliphatic hydroxyl groups is 1. The number of rotatable bonds is 1. The molecule has 1 heterocycles. The molecule has 1 N–H and O–H groups in total. The number of fused-ring (bicyclic) bond motifs is 3. The molecule has 8 atom stereocenters. The second-order valence-electron chi connectivity index (χ2n) is 11.6. The molecule has 0 bridgehead atoms. The van der Waals surface area contributed by atoms with Crippen molar-refractivity contribution in [2.75, 3.05) is 13.1 Å². The van der Waals surface area contributed by atoms with Crippen molar-refractivity contribution in [2.45, 2.75) is 96.1 Å². The maximum atomic E-state index is 12.6. The van der Waals surface area contributed by atoms with Crippen molar-refractivity contribution in [3.05, 3.63) is 0 Å². The van der Waals surface area contributed by atoms with Gasteiger partial charge in [0.1, 0.15) is 5.78 Å². The number of ketones is 1. The molecule has 6 rings (SSSR count). The van der Waals surface area contributed by atoms with Crippen LogP contribution in [0.2, 0.25) is 0 Å². The van der Waals surface area contributed by atoms with Crippen molar-refractivity contribution in [3.8, 4) is 0 Å². The Morgan fingerprint density at radius 1 is 1.04 bits per heavy atom. The summed E-state index contributed by atoms with van der Waals surface area (Å²) in [7, 11) is 0. The summed E-state index contributed by atoms with van der Waals surface area (Å²) in [6, 6.07) is 0.731. The zero-order chi connectivity index (χ0) is 18.4. The third kappa shape index (κ3) is 2.19. The number of β-amino-alcohol motifs (C(OH)–C–C–N with tert-alkyl or cyclic N) is 1. The molecule has 1 aliphatic heterocycles. The molecule has 6 aliphatic rings. The average Bonchev–Trinajstić information content (AvgIpc) is 3.27. The van der Waals surface area contributed by atoms with Crippen LogP contribution in [0.25, 0.3) is 0 Å². The highest BCUT2D eigenvalue weighted by Gasteiger charge is 2.75. The zero-order valence-electron chi connectivity index (χ0n) is 17.1. The fraction of sp³-hybridized carbons (Fsp3) is 0.958. The minimum atomic E-state index is -0.0891. The first-order valence-electron chi connectivity index (χ1n) is 11.9. The van der Waals surface area contributed by atoms with Gasteiger partial charge in [-0.3, -0.25) is 9.69 Å². The van der Waals surface area contributed by atoms with E-state index in [4.69, 9.17) is 0 Å². The molecule has 6 fully saturated rings. The van der Waals surface area contributed by atoms with Crippen molar-refractivity contribution in [1.29, 1.82) is 0 Å². The van der Waals surface area contributed by atoms with E-state index in [9.17, 15) is 9.90 Å². The second kappa shape index (κ2) is 5.59. The van der Waals surface area contributed by atoms with Gasteiger partial charge < -0.3 is 5.11 Å². The minimum absolute atomic E-state index is 0.0356. The number of carbonyl (C=O) groups is 1. The van der Waals surface area contributed by atoms with E-state index in [2.05, 4.69) is 11.8 Å². The van der Waals surface area contributed by atoms with Gasteiger partial charge in [0.2, 0.25) is 0 Å². The predicted molar refractivity (Wildman–Crippen MR) is 105 cm³/mol. The van der Waals surface area contributed by atoms with Gasteiger partial charge in [-0.1, -0.05) is 6.92 Å². The van der Waals surface area contributed by atoms with Gasteiger partial charge in [-0.2, -0.15) is 0 Å². The highest BCUT2D eigenvalue weighted by Crippen LogP contribution is 2.83. The number of carbonyl (C=O) groups excluding carboxylic acids is 1. The molecule has 0 aromatic rings. The molecule has 1 saturated heterocycles. The van der Waals surface area contributed by atoms with Gasteiger partial charge >= 0.3 is 0 Å². The molecule has 1 unspecified atom stereocenters. The summed E-state index contributed by atoms with van der Waals surface area (Å²) in [6.45, 7) is 4.44. The van der Waals surface area contributed by atoms with Crippen molar-refractivity contribution < 1.29 is 9.90 Å². The minimum Gasteiger partial charge on any atom is -0.392 e. The number of hydrogen-bond donors (Lipinski definition) is 1. The van der Waals surface area contributed by atoms with E-state index in [1.165, 1.54) is 70.8 Å². The molecule has 0 radical (unpaired) electrons. The summed E-state index contributed by atoms with van der Waals surface area (Å²) in [5.41, 5.74) is 1.32. The Kier molecular flexibility index (Phi) is 3.62. The van der Waals surface area contributed by atoms with Gasteiger partial charge in [0.15, 0.2) is 0 Å². The highest BCUT2D eigenvalue weighted by atomic mass is 16.3. The van der Waals surface area contributed by atoms with Crippen LogP contribution in [0.3, 0.4) is 0 Å². The van der Waals surface area contributed by atoms with E-state index in [0.29, 0.717) is 22.5 Å². The molecule has 0 aromatic heterocycles. The maximum absolute atomic E-state index is 12.6. The molecule has 0 aromatic carbocycles. The molecule has 150 valence electrons. The summed E-state index contributed by atoms with van der Waals surface area (Å²) in [5, 5.41) is 10.1. The third-order valence-electron chi connectivity index (χ3n) is 10.9. The van der Waals surface area contributed by atoms with Gasteiger partial charge in [-0.15, -0.1) is 0 Å². The van der Waals surface area contributed by atoms with Crippen LogP contribution >= 0.6 is 0 Å². The SMILES string of the molecule is C[C@]12CC[C@H]3[C@@H](CC[C@]45CC(N6CCC[C@@H](O)C6)CC[C@]34C5)[C@@H]1CCC2=O.